The van der Waals surface area contributed by atoms with Gasteiger partial charge in [-0.3, -0.25) is 0 Å². The molecule has 0 amide bonds. The van der Waals surface area contributed by atoms with Gasteiger partial charge in [0.1, 0.15) is 0 Å². The number of benzene rings is 1. The lowest BCUT2D eigenvalue weighted by Crippen LogP contribution is -2.44. The molecule has 1 aliphatic carbocycles. The molecule has 0 bridgehead atoms. The van der Waals surface area contributed by atoms with Crippen LogP contribution in [0.15, 0.2) is 24.3 Å². The Bertz CT molecular complexity index is 377. The van der Waals surface area contributed by atoms with E-state index in [0.717, 1.165) is 19.5 Å². The lowest BCUT2D eigenvalue weighted by Gasteiger charge is -2.34. The van der Waals surface area contributed by atoms with Crippen LogP contribution in [-0.4, -0.2) is 24.0 Å². The Morgan fingerprint density at radius 1 is 1.11 bits per heavy atom. The molecule has 0 aromatic heterocycles. The minimum absolute atomic E-state index is 0.111. The van der Waals surface area contributed by atoms with Crippen molar-refractivity contribution in [3.05, 3.63) is 35.4 Å². The zero-order valence-corrected chi connectivity index (χ0v) is 12.5. The van der Waals surface area contributed by atoms with E-state index in [2.05, 4.69) is 43.1 Å². The molecule has 0 saturated heterocycles. The van der Waals surface area contributed by atoms with Crippen molar-refractivity contribution in [2.24, 2.45) is 5.73 Å². The summed E-state index contributed by atoms with van der Waals surface area (Å²) in [7, 11) is 2.20. The van der Waals surface area contributed by atoms with Crippen LogP contribution in [0.3, 0.4) is 0 Å². The molecular formula is C17H28N2. The lowest BCUT2D eigenvalue weighted by atomic mass is 9.80. The fraction of sp³-hybridized carbons (Fsp3) is 0.647. The summed E-state index contributed by atoms with van der Waals surface area (Å²) in [6.45, 7) is 4.26. The maximum atomic E-state index is 6.49. The van der Waals surface area contributed by atoms with Gasteiger partial charge in [0.25, 0.3) is 0 Å². The zero-order valence-electron chi connectivity index (χ0n) is 12.5. The van der Waals surface area contributed by atoms with Crippen LogP contribution in [-0.2, 0) is 6.54 Å². The Hall–Kier alpha value is -0.860. The molecule has 1 aliphatic rings. The molecule has 106 valence electrons. The molecule has 0 unspecified atom stereocenters. The third kappa shape index (κ3) is 4.63. The molecule has 0 atom stereocenters. The normalized spacial score (nSPS) is 18.7. The van der Waals surface area contributed by atoms with Gasteiger partial charge >= 0.3 is 0 Å². The summed E-state index contributed by atoms with van der Waals surface area (Å²) in [6, 6.07) is 8.83. The van der Waals surface area contributed by atoms with E-state index in [0.29, 0.717) is 0 Å². The van der Waals surface area contributed by atoms with E-state index in [1.807, 2.05) is 0 Å². The summed E-state index contributed by atoms with van der Waals surface area (Å²) in [5.74, 6) is 0. The third-order valence-corrected chi connectivity index (χ3v) is 4.41. The van der Waals surface area contributed by atoms with Crippen LogP contribution in [0.4, 0.5) is 0 Å². The summed E-state index contributed by atoms with van der Waals surface area (Å²) >= 11 is 0. The number of nitrogens with zero attached hydrogens (tertiary/aromatic N) is 1. The lowest BCUT2D eigenvalue weighted by molar-refractivity contribution is 0.226. The molecule has 19 heavy (non-hydrogen) atoms. The monoisotopic (exact) mass is 260 g/mol. The number of hydrogen-bond acceptors (Lipinski definition) is 2. The minimum atomic E-state index is 0.111. The summed E-state index contributed by atoms with van der Waals surface area (Å²) in [6.07, 6.45) is 7.57. The van der Waals surface area contributed by atoms with Gasteiger partial charge in [-0.15, -0.1) is 0 Å². The number of rotatable bonds is 5. The van der Waals surface area contributed by atoms with Crippen molar-refractivity contribution < 1.29 is 0 Å². The smallest absolute Gasteiger partial charge is 0.0230 e. The van der Waals surface area contributed by atoms with Gasteiger partial charge in [-0.1, -0.05) is 49.1 Å². The standard InChI is InChI=1S/C17H28N2/c1-15-6-8-16(9-7-15)14-19(2)13-12-17(18)10-4-3-5-11-17/h6-9H,3-5,10-14,18H2,1-2H3. The average Bonchev–Trinajstić information content (AvgIpc) is 2.40. The van der Waals surface area contributed by atoms with E-state index in [4.69, 9.17) is 5.73 Å². The van der Waals surface area contributed by atoms with Gasteiger partial charge in [0.05, 0.1) is 0 Å². The highest BCUT2D eigenvalue weighted by atomic mass is 15.1. The number of hydrogen-bond donors (Lipinski definition) is 1. The van der Waals surface area contributed by atoms with E-state index < -0.39 is 0 Å². The Labute approximate surface area is 118 Å². The first-order valence-electron chi connectivity index (χ1n) is 7.60. The predicted octanol–water partition coefficient (Wildman–Crippen LogP) is 3.48. The summed E-state index contributed by atoms with van der Waals surface area (Å²) < 4.78 is 0. The molecular weight excluding hydrogens is 232 g/mol. The van der Waals surface area contributed by atoms with Crippen LogP contribution in [0, 0.1) is 6.92 Å². The van der Waals surface area contributed by atoms with Crippen LogP contribution in [0.1, 0.15) is 49.7 Å². The SMILES string of the molecule is Cc1ccc(CN(C)CCC2(N)CCCCC2)cc1. The van der Waals surface area contributed by atoms with E-state index in [1.54, 1.807) is 0 Å². The van der Waals surface area contributed by atoms with Gasteiger partial charge in [-0.05, 0) is 45.3 Å². The molecule has 1 aromatic carbocycles. The molecule has 1 fully saturated rings. The summed E-state index contributed by atoms with van der Waals surface area (Å²) in [4.78, 5) is 2.40. The van der Waals surface area contributed by atoms with Crippen molar-refractivity contribution in [2.75, 3.05) is 13.6 Å². The molecule has 2 N–H and O–H groups in total. The fourth-order valence-electron chi connectivity index (χ4n) is 3.00. The zero-order chi connectivity index (χ0) is 13.7. The molecule has 1 aromatic rings. The molecule has 0 heterocycles. The minimum Gasteiger partial charge on any atom is -0.325 e. The maximum Gasteiger partial charge on any atom is 0.0230 e. The van der Waals surface area contributed by atoms with Crippen LogP contribution in [0.2, 0.25) is 0 Å². The van der Waals surface area contributed by atoms with Gasteiger partial charge in [0.2, 0.25) is 0 Å². The van der Waals surface area contributed by atoms with Crippen LogP contribution < -0.4 is 5.73 Å². The second-order valence-electron chi connectivity index (χ2n) is 6.40. The molecule has 2 rings (SSSR count). The van der Waals surface area contributed by atoms with Crippen molar-refractivity contribution in [3.63, 3.8) is 0 Å². The molecule has 2 nitrogen and oxygen atoms in total. The van der Waals surface area contributed by atoms with Gasteiger partial charge < -0.3 is 10.6 Å². The van der Waals surface area contributed by atoms with E-state index in [1.165, 1.54) is 43.2 Å². The predicted molar refractivity (Wildman–Crippen MR) is 82.1 cm³/mol. The Morgan fingerprint density at radius 3 is 2.37 bits per heavy atom. The highest BCUT2D eigenvalue weighted by Crippen LogP contribution is 2.28. The highest BCUT2D eigenvalue weighted by Gasteiger charge is 2.27. The van der Waals surface area contributed by atoms with Crippen molar-refractivity contribution in [1.29, 1.82) is 0 Å². The molecule has 0 spiro atoms. The van der Waals surface area contributed by atoms with Crippen LogP contribution in [0.5, 0.6) is 0 Å². The van der Waals surface area contributed by atoms with Crippen LogP contribution in [0.25, 0.3) is 0 Å². The van der Waals surface area contributed by atoms with Gasteiger partial charge in [0.15, 0.2) is 0 Å². The third-order valence-electron chi connectivity index (χ3n) is 4.41. The Balaban J connectivity index is 1.77. The summed E-state index contributed by atoms with van der Waals surface area (Å²) in [5.41, 5.74) is 9.32. The number of aryl methyl sites for hydroxylation is 1. The van der Waals surface area contributed by atoms with Crippen molar-refractivity contribution in [2.45, 2.75) is 57.5 Å². The van der Waals surface area contributed by atoms with Crippen molar-refractivity contribution >= 4 is 0 Å². The average molecular weight is 260 g/mol. The number of nitrogens with two attached hydrogens (primary N) is 1. The first-order valence-corrected chi connectivity index (χ1v) is 7.60. The molecule has 0 aliphatic heterocycles. The van der Waals surface area contributed by atoms with E-state index in [-0.39, 0.29) is 5.54 Å². The van der Waals surface area contributed by atoms with Gasteiger partial charge in [0, 0.05) is 12.1 Å². The largest absolute Gasteiger partial charge is 0.325 e. The van der Waals surface area contributed by atoms with E-state index >= 15 is 0 Å². The maximum absolute atomic E-state index is 6.49. The Kier molecular flexibility index (Phi) is 5.00. The molecule has 0 radical (unpaired) electrons. The highest BCUT2D eigenvalue weighted by molar-refractivity contribution is 5.21. The van der Waals surface area contributed by atoms with Gasteiger partial charge in [-0.25, -0.2) is 0 Å². The second kappa shape index (κ2) is 6.53. The molecule has 1 saturated carbocycles. The second-order valence-corrected chi connectivity index (χ2v) is 6.40. The first-order chi connectivity index (χ1) is 9.07. The summed E-state index contributed by atoms with van der Waals surface area (Å²) in [5, 5.41) is 0. The van der Waals surface area contributed by atoms with Crippen molar-refractivity contribution in [3.8, 4) is 0 Å². The first kappa shape index (κ1) is 14.5. The van der Waals surface area contributed by atoms with Gasteiger partial charge in [-0.2, -0.15) is 0 Å². The topological polar surface area (TPSA) is 29.3 Å². The Morgan fingerprint density at radius 2 is 1.74 bits per heavy atom. The van der Waals surface area contributed by atoms with Crippen molar-refractivity contribution in [1.82, 2.24) is 4.90 Å². The van der Waals surface area contributed by atoms with Crippen LogP contribution >= 0.6 is 0 Å². The van der Waals surface area contributed by atoms with E-state index in [9.17, 15) is 0 Å². The molecule has 2 heteroatoms. The fourth-order valence-corrected chi connectivity index (χ4v) is 3.00. The quantitative estimate of drug-likeness (QED) is 0.878.